The van der Waals surface area contributed by atoms with Crippen LogP contribution in [0.25, 0.3) is 0 Å². The predicted molar refractivity (Wildman–Crippen MR) is 29.0 cm³/mol. The van der Waals surface area contributed by atoms with E-state index in [1.807, 2.05) is 0 Å². The molecule has 2 fully saturated rings. The van der Waals surface area contributed by atoms with E-state index in [0.29, 0.717) is 19.1 Å². The van der Waals surface area contributed by atoms with Gasteiger partial charge in [-0.1, -0.05) is 0 Å². The van der Waals surface area contributed by atoms with E-state index < -0.39 is 11.4 Å². The van der Waals surface area contributed by atoms with Gasteiger partial charge >= 0.3 is 5.97 Å². The molecular weight excluding hydrogens is 120 g/mol. The van der Waals surface area contributed by atoms with Gasteiger partial charge in [0.05, 0.1) is 18.6 Å². The molecule has 1 N–H and O–H groups in total. The molecule has 0 unspecified atom stereocenters. The van der Waals surface area contributed by atoms with E-state index in [9.17, 15) is 4.79 Å². The molecule has 3 heteroatoms. The largest absolute Gasteiger partial charge is 0.481 e. The summed E-state index contributed by atoms with van der Waals surface area (Å²) in [6, 6.07) is 0. The Morgan fingerprint density at radius 1 is 1.78 bits per heavy atom. The minimum Gasteiger partial charge on any atom is -0.481 e. The van der Waals surface area contributed by atoms with Crippen molar-refractivity contribution in [3.8, 4) is 0 Å². The molecule has 9 heavy (non-hydrogen) atoms. The number of hydrogen-bond acceptors (Lipinski definition) is 2. The maximum Gasteiger partial charge on any atom is 0.312 e. The minimum atomic E-state index is -0.676. The van der Waals surface area contributed by atoms with E-state index in [1.165, 1.54) is 0 Å². The molecule has 2 atom stereocenters. The van der Waals surface area contributed by atoms with Crippen molar-refractivity contribution in [3.05, 3.63) is 0 Å². The first-order valence-corrected chi connectivity index (χ1v) is 3.07. The van der Waals surface area contributed by atoms with Crippen LogP contribution in [-0.4, -0.2) is 24.3 Å². The summed E-state index contributed by atoms with van der Waals surface area (Å²) in [4.78, 5) is 10.5. The van der Waals surface area contributed by atoms with Crippen LogP contribution in [0.4, 0.5) is 0 Å². The van der Waals surface area contributed by atoms with E-state index in [-0.39, 0.29) is 0 Å². The lowest BCUT2D eigenvalue weighted by molar-refractivity contribution is -0.144. The van der Waals surface area contributed by atoms with Crippen LogP contribution >= 0.6 is 0 Å². The molecular formula is C6H8O3. The second-order valence-electron chi connectivity index (χ2n) is 2.88. The van der Waals surface area contributed by atoms with Crippen LogP contribution in [0, 0.1) is 11.3 Å². The zero-order valence-corrected chi connectivity index (χ0v) is 4.96. The van der Waals surface area contributed by atoms with Crippen molar-refractivity contribution in [2.75, 3.05) is 13.2 Å². The summed E-state index contributed by atoms with van der Waals surface area (Å²) >= 11 is 0. The highest BCUT2D eigenvalue weighted by molar-refractivity contribution is 5.79. The molecule has 1 heterocycles. The zero-order chi connectivity index (χ0) is 6.48. The van der Waals surface area contributed by atoms with Crippen LogP contribution in [0.5, 0.6) is 0 Å². The van der Waals surface area contributed by atoms with Crippen molar-refractivity contribution in [1.82, 2.24) is 0 Å². The van der Waals surface area contributed by atoms with Crippen molar-refractivity contribution in [3.63, 3.8) is 0 Å². The first-order valence-electron chi connectivity index (χ1n) is 3.07. The fraction of sp³-hybridized carbons (Fsp3) is 0.833. The van der Waals surface area contributed by atoms with E-state index in [2.05, 4.69) is 0 Å². The third kappa shape index (κ3) is 0.477. The lowest BCUT2D eigenvalue weighted by Gasteiger charge is -2.00. The SMILES string of the molecule is O=C(O)[C@@]12COC[C@@H]1C2. The lowest BCUT2D eigenvalue weighted by atomic mass is 10.1. The quantitative estimate of drug-likeness (QED) is 0.545. The molecule has 0 bridgehead atoms. The van der Waals surface area contributed by atoms with Gasteiger partial charge < -0.3 is 9.84 Å². The average molecular weight is 128 g/mol. The Morgan fingerprint density at radius 2 is 2.56 bits per heavy atom. The van der Waals surface area contributed by atoms with E-state index >= 15 is 0 Å². The number of carbonyl (C=O) groups is 1. The van der Waals surface area contributed by atoms with Crippen molar-refractivity contribution in [1.29, 1.82) is 0 Å². The second kappa shape index (κ2) is 1.29. The van der Waals surface area contributed by atoms with Gasteiger partial charge in [-0.15, -0.1) is 0 Å². The van der Waals surface area contributed by atoms with Crippen molar-refractivity contribution in [2.45, 2.75) is 6.42 Å². The van der Waals surface area contributed by atoms with Crippen LogP contribution in [0.1, 0.15) is 6.42 Å². The van der Waals surface area contributed by atoms with Crippen molar-refractivity contribution in [2.24, 2.45) is 11.3 Å². The van der Waals surface area contributed by atoms with Gasteiger partial charge in [-0.2, -0.15) is 0 Å². The standard InChI is InChI=1S/C6H8O3/c7-5(8)6-1-4(6)2-9-3-6/h4H,1-3H2,(H,7,8)/t4-,6-/m0/s1. The van der Waals surface area contributed by atoms with Crippen LogP contribution in [0.3, 0.4) is 0 Å². The molecule has 2 aliphatic rings. The normalized spacial score (nSPS) is 46.4. The Balaban J connectivity index is 2.19. The van der Waals surface area contributed by atoms with Crippen molar-refractivity contribution < 1.29 is 14.6 Å². The first-order chi connectivity index (χ1) is 4.26. The third-order valence-corrected chi connectivity index (χ3v) is 2.34. The summed E-state index contributed by atoms with van der Waals surface area (Å²) in [5.41, 5.74) is -0.444. The Labute approximate surface area is 52.6 Å². The summed E-state index contributed by atoms with van der Waals surface area (Å²) in [6.45, 7) is 1.10. The zero-order valence-electron chi connectivity index (χ0n) is 4.96. The monoisotopic (exact) mass is 128 g/mol. The van der Waals surface area contributed by atoms with Gasteiger partial charge in [0.25, 0.3) is 0 Å². The van der Waals surface area contributed by atoms with Crippen LogP contribution < -0.4 is 0 Å². The maximum atomic E-state index is 10.5. The molecule has 50 valence electrons. The molecule has 0 spiro atoms. The van der Waals surface area contributed by atoms with Gasteiger partial charge in [0.1, 0.15) is 0 Å². The lowest BCUT2D eigenvalue weighted by Crippen LogP contribution is -2.18. The number of carboxylic acid groups (broad SMARTS) is 1. The molecule has 1 aliphatic carbocycles. The minimum absolute atomic E-state index is 0.329. The second-order valence-corrected chi connectivity index (χ2v) is 2.88. The van der Waals surface area contributed by atoms with Gasteiger partial charge in [-0.3, -0.25) is 4.79 Å². The van der Waals surface area contributed by atoms with Crippen LogP contribution in [-0.2, 0) is 9.53 Å². The molecule has 0 aromatic carbocycles. The highest BCUT2D eigenvalue weighted by Gasteiger charge is 2.64. The van der Waals surface area contributed by atoms with E-state index in [1.54, 1.807) is 0 Å². The summed E-state index contributed by atoms with van der Waals surface area (Å²) in [7, 11) is 0. The number of carboxylic acids is 1. The van der Waals surface area contributed by atoms with E-state index in [4.69, 9.17) is 9.84 Å². The summed E-state index contributed by atoms with van der Waals surface area (Å²) in [5, 5.41) is 8.63. The molecule has 1 aliphatic heterocycles. The fourth-order valence-corrected chi connectivity index (χ4v) is 1.48. The molecule has 1 saturated carbocycles. The Bertz CT molecular complexity index is 166. The topological polar surface area (TPSA) is 46.5 Å². The predicted octanol–water partition coefficient (Wildman–Crippen LogP) is 0.108. The fourth-order valence-electron chi connectivity index (χ4n) is 1.48. The summed E-state index contributed by atoms with van der Waals surface area (Å²) in [5.74, 6) is -0.347. The third-order valence-electron chi connectivity index (χ3n) is 2.34. The van der Waals surface area contributed by atoms with Gasteiger partial charge in [0.15, 0.2) is 0 Å². The highest BCUT2D eigenvalue weighted by atomic mass is 16.5. The summed E-state index contributed by atoms with van der Waals surface area (Å²) in [6.07, 6.45) is 0.836. The first kappa shape index (κ1) is 5.23. The van der Waals surface area contributed by atoms with Gasteiger partial charge in [-0.25, -0.2) is 0 Å². The number of rotatable bonds is 1. The van der Waals surface area contributed by atoms with Crippen LogP contribution in [0.15, 0.2) is 0 Å². The Morgan fingerprint density at radius 3 is 2.78 bits per heavy atom. The molecule has 3 nitrogen and oxygen atoms in total. The number of hydrogen-bond donors (Lipinski definition) is 1. The average Bonchev–Trinajstić information content (AvgIpc) is 2.38. The molecule has 0 amide bonds. The molecule has 2 rings (SSSR count). The molecule has 0 aromatic heterocycles. The number of fused-ring (bicyclic) bond motifs is 1. The smallest absolute Gasteiger partial charge is 0.312 e. The van der Waals surface area contributed by atoms with Gasteiger partial charge in [0.2, 0.25) is 0 Å². The van der Waals surface area contributed by atoms with E-state index in [0.717, 1.165) is 6.42 Å². The molecule has 1 saturated heterocycles. The Kier molecular flexibility index (Phi) is 0.750. The van der Waals surface area contributed by atoms with Gasteiger partial charge in [-0.05, 0) is 6.42 Å². The number of ether oxygens (including phenoxy) is 1. The molecule has 0 aromatic rings. The van der Waals surface area contributed by atoms with Crippen molar-refractivity contribution >= 4 is 5.97 Å². The maximum absolute atomic E-state index is 10.5. The molecule has 0 radical (unpaired) electrons. The number of aliphatic carboxylic acids is 1. The van der Waals surface area contributed by atoms with Crippen LogP contribution in [0.2, 0.25) is 0 Å². The summed E-state index contributed by atoms with van der Waals surface area (Å²) < 4.78 is 4.99. The Hall–Kier alpha value is -0.570. The highest BCUT2D eigenvalue weighted by Crippen LogP contribution is 2.56. The van der Waals surface area contributed by atoms with Gasteiger partial charge in [0, 0.05) is 5.92 Å².